The summed E-state index contributed by atoms with van der Waals surface area (Å²) in [6.45, 7) is 5.87. The van der Waals surface area contributed by atoms with E-state index in [-0.39, 0.29) is 18.0 Å². The first-order valence-corrected chi connectivity index (χ1v) is 8.61. The molecule has 0 aliphatic carbocycles. The SMILES string of the molecule is Cc1ccc(C)c(-c2ccc(=O)n(CC(=O)N3CCN(C=O)CC3)n2)c1. The van der Waals surface area contributed by atoms with Crippen LogP contribution in [0.5, 0.6) is 0 Å². The molecule has 0 bridgehead atoms. The highest BCUT2D eigenvalue weighted by Crippen LogP contribution is 2.21. The van der Waals surface area contributed by atoms with Gasteiger partial charge in [0.25, 0.3) is 5.56 Å². The van der Waals surface area contributed by atoms with Gasteiger partial charge in [-0.05, 0) is 31.5 Å². The zero-order chi connectivity index (χ0) is 18.7. The van der Waals surface area contributed by atoms with Crippen LogP contribution in [0.15, 0.2) is 35.1 Å². The van der Waals surface area contributed by atoms with Crippen molar-refractivity contribution in [1.29, 1.82) is 0 Å². The zero-order valence-corrected chi connectivity index (χ0v) is 15.0. The van der Waals surface area contributed by atoms with Crippen LogP contribution in [-0.2, 0) is 16.1 Å². The highest BCUT2D eigenvalue weighted by molar-refractivity contribution is 5.76. The van der Waals surface area contributed by atoms with Gasteiger partial charge in [0.2, 0.25) is 12.3 Å². The van der Waals surface area contributed by atoms with Gasteiger partial charge in [-0.1, -0.05) is 17.7 Å². The van der Waals surface area contributed by atoms with Gasteiger partial charge in [-0.25, -0.2) is 4.68 Å². The average molecular weight is 354 g/mol. The Morgan fingerprint density at radius 1 is 1.12 bits per heavy atom. The summed E-state index contributed by atoms with van der Waals surface area (Å²) in [5.74, 6) is -0.164. The summed E-state index contributed by atoms with van der Waals surface area (Å²) in [4.78, 5) is 38.7. The quantitative estimate of drug-likeness (QED) is 0.762. The van der Waals surface area contributed by atoms with Crippen molar-refractivity contribution in [3.63, 3.8) is 0 Å². The van der Waals surface area contributed by atoms with Gasteiger partial charge in [-0.3, -0.25) is 14.4 Å². The molecule has 0 spiro atoms. The lowest BCUT2D eigenvalue weighted by atomic mass is 10.0. The lowest BCUT2D eigenvalue weighted by molar-refractivity contribution is -0.135. The molecule has 136 valence electrons. The van der Waals surface area contributed by atoms with Gasteiger partial charge < -0.3 is 9.80 Å². The van der Waals surface area contributed by atoms with Crippen LogP contribution >= 0.6 is 0 Å². The summed E-state index contributed by atoms with van der Waals surface area (Å²) < 4.78 is 1.21. The van der Waals surface area contributed by atoms with Gasteiger partial charge in [-0.15, -0.1) is 0 Å². The van der Waals surface area contributed by atoms with E-state index in [2.05, 4.69) is 5.10 Å². The van der Waals surface area contributed by atoms with Crippen molar-refractivity contribution in [3.05, 3.63) is 51.8 Å². The van der Waals surface area contributed by atoms with E-state index in [1.54, 1.807) is 15.9 Å². The first-order chi connectivity index (χ1) is 12.5. The van der Waals surface area contributed by atoms with Crippen LogP contribution in [0, 0.1) is 13.8 Å². The monoisotopic (exact) mass is 354 g/mol. The number of nitrogens with zero attached hydrogens (tertiary/aromatic N) is 4. The average Bonchev–Trinajstić information content (AvgIpc) is 2.65. The van der Waals surface area contributed by atoms with E-state index in [9.17, 15) is 14.4 Å². The molecule has 7 nitrogen and oxygen atoms in total. The van der Waals surface area contributed by atoms with E-state index in [4.69, 9.17) is 0 Å². The number of benzene rings is 1. The second kappa shape index (κ2) is 7.51. The molecule has 1 saturated heterocycles. The Labute approximate surface area is 151 Å². The molecule has 26 heavy (non-hydrogen) atoms. The topological polar surface area (TPSA) is 75.5 Å². The van der Waals surface area contributed by atoms with Crippen molar-refractivity contribution >= 4 is 12.3 Å². The van der Waals surface area contributed by atoms with Gasteiger partial charge in [0.1, 0.15) is 6.54 Å². The predicted molar refractivity (Wildman–Crippen MR) is 97.6 cm³/mol. The largest absolute Gasteiger partial charge is 0.342 e. The second-order valence-corrected chi connectivity index (χ2v) is 6.56. The minimum atomic E-state index is -0.307. The van der Waals surface area contributed by atoms with Gasteiger partial charge in [0, 0.05) is 37.8 Å². The molecule has 2 amide bonds. The first kappa shape index (κ1) is 17.8. The Bertz CT molecular complexity index is 883. The lowest BCUT2D eigenvalue weighted by Gasteiger charge is -2.32. The van der Waals surface area contributed by atoms with Crippen LogP contribution in [0.25, 0.3) is 11.3 Å². The Kier molecular flexibility index (Phi) is 5.16. The minimum absolute atomic E-state index is 0.0986. The van der Waals surface area contributed by atoms with Gasteiger partial charge in [0.15, 0.2) is 0 Å². The molecule has 3 rings (SSSR count). The number of amides is 2. The smallest absolute Gasteiger partial charge is 0.267 e. The molecular weight excluding hydrogens is 332 g/mol. The molecule has 1 aliphatic heterocycles. The van der Waals surface area contributed by atoms with Crippen molar-refractivity contribution in [3.8, 4) is 11.3 Å². The number of carbonyl (C=O) groups excluding carboxylic acids is 2. The standard InChI is InChI=1S/C19H22N4O3/c1-14-3-4-15(2)16(11-14)17-5-6-18(25)23(20-17)12-19(26)22-9-7-21(13-24)8-10-22/h3-6,11,13H,7-10,12H2,1-2H3. The Morgan fingerprint density at radius 3 is 2.54 bits per heavy atom. The highest BCUT2D eigenvalue weighted by Gasteiger charge is 2.21. The fourth-order valence-corrected chi connectivity index (χ4v) is 3.02. The van der Waals surface area contributed by atoms with E-state index in [1.165, 1.54) is 10.7 Å². The van der Waals surface area contributed by atoms with E-state index in [1.807, 2.05) is 32.0 Å². The third-order valence-electron chi connectivity index (χ3n) is 4.64. The number of aromatic nitrogens is 2. The Hall–Kier alpha value is -2.96. The third kappa shape index (κ3) is 3.82. The first-order valence-electron chi connectivity index (χ1n) is 8.61. The summed E-state index contributed by atoms with van der Waals surface area (Å²) in [7, 11) is 0. The molecule has 1 aliphatic rings. The summed E-state index contributed by atoms with van der Waals surface area (Å²) in [5, 5.41) is 4.40. The van der Waals surface area contributed by atoms with Crippen LogP contribution in [0.3, 0.4) is 0 Å². The van der Waals surface area contributed by atoms with Crippen LogP contribution in [-0.4, -0.2) is 58.1 Å². The molecule has 1 fully saturated rings. The molecule has 2 aromatic rings. The molecule has 0 atom stereocenters. The van der Waals surface area contributed by atoms with E-state index in [0.717, 1.165) is 23.1 Å². The molecular formula is C19H22N4O3. The second-order valence-electron chi connectivity index (χ2n) is 6.56. The zero-order valence-electron chi connectivity index (χ0n) is 15.0. The maximum absolute atomic E-state index is 12.5. The van der Waals surface area contributed by atoms with E-state index in [0.29, 0.717) is 31.9 Å². The highest BCUT2D eigenvalue weighted by atomic mass is 16.2. The van der Waals surface area contributed by atoms with Crippen LogP contribution in [0.4, 0.5) is 0 Å². The van der Waals surface area contributed by atoms with Crippen molar-refractivity contribution in [1.82, 2.24) is 19.6 Å². The number of carbonyl (C=O) groups is 2. The van der Waals surface area contributed by atoms with Gasteiger partial charge >= 0.3 is 0 Å². The molecule has 0 saturated carbocycles. The Morgan fingerprint density at radius 2 is 1.85 bits per heavy atom. The minimum Gasteiger partial charge on any atom is -0.342 e. The number of hydrogen-bond donors (Lipinski definition) is 0. The molecule has 1 aromatic carbocycles. The van der Waals surface area contributed by atoms with Gasteiger partial charge in [-0.2, -0.15) is 5.10 Å². The number of piperazine rings is 1. The van der Waals surface area contributed by atoms with Gasteiger partial charge in [0.05, 0.1) is 5.69 Å². The summed E-state index contributed by atoms with van der Waals surface area (Å²) in [5.41, 5.74) is 3.48. The Balaban J connectivity index is 1.80. The van der Waals surface area contributed by atoms with Crippen molar-refractivity contribution in [2.24, 2.45) is 0 Å². The summed E-state index contributed by atoms with van der Waals surface area (Å²) in [6.07, 6.45) is 0.793. The number of rotatable bonds is 4. The molecule has 0 N–H and O–H groups in total. The fourth-order valence-electron chi connectivity index (χ4n) is 3.02. The van der Waals surface area contributed by atoms with E-state index >= 15 is 0 Å². The summed E-state index contributed by atoms with van der Waals surface area (Å²) in [6, 6.07) is 9.19. The lowest BCUT2D eigenvalue weighted by Crippen LogP contribution is -2.49. The molecule has 0 radical (unpaired) electrons. The number of hydrogen-bond acceptors (Lipinski definition) is 4. The van der Waals surface area contributed by atoms with E-state index < -0.39 is 0 Å². The third-order valence-corrected chi connectivity index (χ3v) is 4.64. The van der Waals surface area contributed by atoms with Crippen LogP contribution < -0.4 is 5.56 Å². The van der Waals surface area contributed by atoms with Crippen molar-refractivity contribution in [2.75, 3.05) is 26.2 Å². The normalized spacial score (nSPS) is 14.4. The molecule has 7 heteroatoms. The van der Waals surface area contributed by atoms with Crippen LogP contribution in [0.2, 0.25) is 0 Å². The molecule has 1 aromatic heterocycles. The predicted octanol–water partition coefficient (Wildman–Crippen LogP) is 0.828. The number of aryl methyl sites for hydroxylation is 2. The maximum Gasteiger partial charge on any atom is 0.267 e. The van der Waals surface area contributed by atoms with Crippen molar-refractivity contribution in [2.45, 2.75) is 20.4 Å². The molecule has 0 unspecified atom stereocenters. The fraction of sp³-hybridized carbons (Fsp3) is 0.368. The summed E-state index contributed by atoms with van der Waals surface area (Å²) >= 11 is 0. The molecule has 2 heterocycles. The van der Waals surface area contributed by atoms with Crippen LogP contribution in [0.1, 0.15) is 11.1 Å². The maximum atomic E-state index is 12.5. The van der Waals surface area contributed by atoms with Crippen molar-refractivity contribution < 1.29 is 9.59 Å².